The average Bonchev–Trinajstić information content (AvgIpc) is 2.70. The van der Waals surface area contributed by atoms with E-state index in [1.165, 1.54) is 13.2 Å². The smallest absolute Gasteiger partial charge is 0.208 e. The number of fused-ring (bicyclic) bond motifs is 3. The van der Waals surface area contributed by atoms with Crippen molar-refractivity contribution >= 4 is 16.8 Å². The van der Waals surface area contributed by atoms with E-state index in [1.807, 2.05) is 0 Å². The highest BCUT2D eigenvalue weighted by atomic mass is 16.5. The van der Waals surface area contributed by atoms with Crippen LogP contribution in [-0.4, -0.2) is 23.1 Å². The van der Waals surface area contributed by atoms with Gasteiger partial charge in [-0.05, 0) is 12.5 Å². The minimum Gasteiger partial charge on any atom is -0.504 e. The van der Waals surface area contributed by atoms with Crippen molar-refractivity contribution in [1.29, 1.82) is 0 Å². The zero-order valence-electron chi connectivity index (χ0n) is 9.82. The molecule has 0 amide bonds. The molecule has 2 aromatic rings. The van der Waals surface area contributed by atoms with Gasteiger partial charge in [-0.3, -0.25) is 4.79 Å². The Hall–Kier alpha value is -2.17. The van der Waals surface area contributed by atoms with Crippen molar-refractivity contribution in [3.05, 3.63) is 17.4 Å². The van der Waals surface area contributed by atoms with Gasteiger partial charge in [-0.1, -0.05) is 0 Å². The van der Waals surface area contributed by atoms with E-state index in [0.717, 1.165) is 6.42 Å². The lowest BCUT2D eigenvalue weighted by Crippen LogP contribution is -2.08. The second-order valence-electron chi connectivity index (χ2n) is 4.33. The third-order valence-electron chi connectivity index (χ3n) is 3.25. The second kappa shape index (κ2) is 3.66. The molecule has 1 aromatic heterocycles. The van der Waals surface area contributed by atoms with Crippen LogP contribution in [0.4, 0.5) is 0 Å². The fourth-order valence-electron chi connectivity index (χ4n) is 2.43. The van der Waals surface area contributed by atoms with Crippen molar-refractivity contribution in [2.75, 3.05) is 7.11 Å². The predicted octanol–water partition coefficient (Wildman–Crippen LogP) is 2.37. The summed E-state index contributed by atoms with van der Waals surface area (Å²) in [7, 11) is 1.37. The summed E-state index contributed by atoms with van der Waals surface area (Å²) in [4.78, 5) is 11.9. The number of ether oxygens (including phenoxy) is 1. The number of ketones is 1. The summed E-state index contributed by atoms with van der Waals surface area (Å²) in [5, 5.41) is 19.9. The van der Waals surface area contributed by atoms with E-state index in [1.54, 1.807) is 0 Å². The molecule has 0 saturated heterocycles. The largest absolute Gasteiger partial charge is 0.504 e. The highest BCUT2D eigenvalue weighted by molar-refractivity contribution is 6.11. The fraction of sp³-hybridized carbons (Fsp3) is 0.308. The Morgan fingerprint density at radius 1 is 1.33 bits per heavy atom. The Labute approximate surface area is 103 Å². The molecular weight excluding hydrogens is 236 g/mol. The Balaban J connectivity index is 2.42. The molecule has 0 spiro atoms. The number of Topliss-reactive ketones (excluding diaryl/α,β-unsaturated/α-hetero) is 1. The van der Waals surface area contributed by atoms with Crippen molar-refractivity contribution < 1.29 is 24.2 Å². The zero-order valence-corrected chi connectivity index (χ0v) is 9.82. The number of phenols is 2. The van der Waals surface area contributed by atoms with Gasteiger partial charge < -0.3 is 19.4 Å². The van der Waals surface area contributed by atoms with E-state index >= 15 is 0 Å². The number of benzene rings is 1. The van der Waals surface area contributed by atoms with Crippen LogP contribution in [0.15, 0.2) is 10.5 Å². The van der Waals surface area contributed by atoms with Gasteiger partial charge in [-0.2, -0.15) is 0 Å². The van der Waals surface area contributed by atoms with Gasteiger partial charge in [-0.15, -0.1) is 0 Å². The maximum Gasteiger partial charge on any atom is 0.208 e. The highest BCUT2D eigenvalue weighted by Crippen LogP contribution is 2.45. The van der Waals surface area contributed by atoms with Gasteiger partial charge in [0.25, 0.3) is 0 Å². The number of hydrogen-bond acceptors (Lipinski definition) is 5. The summed E-state index contributed by atoms with van der Waals surface area (Å²) >= 11 is 0. The third-order valence-corrected chi connectivity index (χ3v) is 3.25. The minimum absolute atomic E-state index is 0.00198. The first kappa shape index (κ1) is 11.0. The highest BCUT2D eigenvalue weighted by Gasteiger charge is 2.28. The molecule has 5 nitrogen and oxygen atoms in total. The zero-order chi connectivity index (χ0) is 12.9. The second-order valence-corrected chi connectivity index (χ2v) is 4.33. The van der Waals surface area contributed by atoms with Crippen LogP contribution in [0.5, 0.6) is 17.2 Å². The number of hydrogen-bond donors (Lipinski definition) is 2. The molecule has 0 unspecified atom stereocenters. The van der Waals surface area contributed by atoms with Crippen LogP contribution in [0.1, 0.15) is 29.0 Å². The van der Waals surface area contributed by atoms with Crippen LogP contribution in [0.25, 0.3) is 11.0 Å². The summed E-state index contributed by atoms with van der Waals surface area (Å²) in [6.07, 6.45) is 1.91. The Morgan fingerprint density at radius 2 is 2.11 bits per heavy atom. The lowest BCUT2D eigenvalue weighted by Gasteiger charge is -2.08. The van der Waals surface area contributed by atoms with Gasteiger partial charge in [-0.25, -0.2) is 0 Å². The number of carbonyl (C=O) groups excluding carboxylic acids is 1. The Bertz CT molecular complexity index is 653. The maximum atomic E-state index is 11.9. The standard InChI is InChI=1S/C13H12O5/c1-17-13-11(16)8(15)5-6-10-7(14)3-2-4-9(10)18-12(6)13/h5,15-16H,2-4H2,1H3. The first-order valence-electron chi connectivity index (χ1n) is 5.71. The molecule has 2 N–H and O–H groups in total. The minimum atomic E-state index is -0.372. The van der Waals surface area contributed by atoms with Gasteiger partial charge in [0.05, 0.1) is 12.7 Å². The van der Waals surface area contributed by atoms with Crippen LogP contribution in [0, 0.1) is 0 Å². The van der Waals surface area contributed by atoms with Gasteiger partial charge in [0.15, 0.2) is 17.1 Å². The summed E-state index contributed by atoms with van der Waals surface area (Å²) in [6, 6.07) is 1.35. The molecule has 18 heavy (non-hydrogen) atoms. The van der Waals surface area contributed by atoms with E-state index in [2.05, 4.69) is 0 Å². The fourth-order valence-corrected chi connectivity index (χ4v) is 2.43. The molecule has 0 saturated carbocycles. The number of aryl methyl sites for hydroxylation is 1. The van der Waals surface area contributed by atoms with Crippen LogP contribution in [0.2, 0.25) is 0 Å². The molecule has 0 atom stereocenters. The number of aromatic hydroxyl groups is 2. The van der Waals surface area contributed by atoms with Crippen LogP contribution in [-0.2, 0) is 6.42 Å². The van der Waals surface area contributed by atoms with E-state index < -0.39 is 0 Å². The molecule has 1 aliphatic rings. The predicted molar refractivity (Wildman–Crippen MR) is 63.4 cm³/mol. The van der Waals surface area contributed by atoms with Gasteiger partial charge in [0.1, 0.15) is 5.76 Å². The van der Waals surface area contributed by atoms with Crippen molar-refractivity contribution in [2.45, 2.75) is 19.3 Å². The van der Waals surface area contributed by atoms with Crippen molar-refractivity contribution in [1.82, 2.24) is 0 Å². The van der Waals surface area contributed by atoms with Crippen LogP contribution in [0.3, 0.4) is 0 Å². The van der Waals surface area contributed by atoms with E-state index in [4.69, 9.17) is 9.15 Å². The van der Waals surface area contributed by atoms with E-state index in [0.29, 0.717) is 35.1 Å². The first-order chi connectivity index (χ1) is 8.63. The SMILES string of the molecule is COc1c(O)c(O)cc2c3c(oc12)CCCC3=O. The van der Waals surface area contributed by atoms with E-state index in [9.17, 15) is 15.0 Å². The van der Waals surface area contributed by atoms with Gasteiger partial charge in [0.2, 0.25) is 11.5 Å². The maximum absolute atomic E-state index is 11.9. The Kier molecular flexibility index (Phi) is 2.23. The molecule has 1 aromatic carbocycles. The number of furan rings is 1. The molecule has 0 fully saturated rings. The van der Waals surface area contributed by atoms with Crippen molar-refractivity contribution in [2.24, 2.45) is 0 Å². The normalized spacial score (nSPS) is 14.8. The number of methoxy groups -OCH3 is 1. The summed E-state index contributed by atoms with van der Waals surface area (Å²) < 4.78 is 10.6. The lowest BCUT2D eigenvalue weighted by molar-refractivity contribution is 0.0971. The van der Waals surface area contributed by atoms with E-state index in [-0.39, 0.29) is 23.0 Å². The molecule has 94 valence electrons. The summed E-state index contributed by atoms with van der Waals surface area (Å²) in [5.74, 6) is -0.0243. The van der Waals surface area contributed by atoms with Crippen molar-refractivity contribution in [3.8, 4) is 17.2 Å². The number of carbonyl (C=O) groups is 1. The topological polar surface area (TPSA) is 79.9 Å². The first-order valence-corrected chi connectivity index (χ1v) is 5.71. The molecule has 5 heteroatoms. The Morgan fingerprint density at radius 3 is 2.83 bits per heavy atom. The number of phenolic OH excluding ortho intramolecular Hbond substituents is 2. The molecule has 0 bridgehead atoms. The number of rotatable bonds is 1. The quantitative estimate of drug-likeness (QED) is 0.757. The molecule has 1 heterocycles. The molecular formula is C13H12O5. The lowest BCUT2D eigenvalue weighted by atomic mass is 9.94. The molecule has 0 aliphatic heterocycles. The summed E-state index contributed by atoms with van der Waals surface area (Å²) in [6.45, 7) is 0. The van der Waals surface area contributed by atoms with Gasteiger partial charge >= 0.3 is 0 Å². The molecule has 3 rings (SSSR count). The monoisotopic (exact) mass is 248 g/mol. The molecule has 1 aliphatic carbocycles. The van der Waals surface area contributed by atoms with Crippen LogP contribution < -0.4 is 4.74 Å². The third kappa shape index (κ3) is 1.30. The van der Waals surface area contributed by atoms with Gasteiger partial charge in [0, 0.05) is 18.2 Å². The van der Waals surface area contributed by atoms with Crippen LogP contribution >= 0.6 is 0 Å². The summed E-state index contributed by atoms with van der Waals surface area (Å²) in [5.41, 5.74) is 0.818. The average molecular weight is 248 g/mol. The molecule has 0 radical (unpaired) electrons. The van der Waals surface area contributed by atoms with Crippen molar-refractivity contribution in [3.63, 3.8) is 0 Å².